The van der Waals surface area contributed by atoms with Gasteiger partial charge in [-0.3, -0.25) is 0 Å². The van der Waals surface area contributed by atoms with Gasteiger partial charge in [-0.2, -0.15) is 0 Å². The van der Waals surface area contributed by atoms with Crippen LogP contribution in [0, 0.1) is 5.41 Å². The molecule has 0 fully saturated rings. The van der Waals surface area contributed by atoms with Crippen LogP contribution in [0.4, 0.5) is 0 Å². The zero-order chi connectivity index (χ0) is 10.2. The Morgan fingerprint density at radius 1 is 1.31 bits per heavy atom. The molecular formula is C12H25N. The van der Waals surface area contributed by atoms with Crippen molar-refractivity contribution in [2.75, 3.05) is 13.1 Å². The van der Waals surface area contributed by atoms with Crippen molar-refractivity contribution >= 4 is 0 Å². The first-order chi connectivity index (χ1) is 6.18. The van der Waals surface area contributed by atoms with Crippen LogP contribution >= 0.6 is 0 Å². The highest BCUT2D eigenvalue weighted by molar-refractivity contribution is 4.92. The molecule has 0 aliphatic heterocycles. The van der Waals surface area contributed by atoms with Gasteiger partial charge >= 0.3 is 0 Å². The van der Waals surface area contributed by atoms with Crippen LogP contribution in [0.15, 0.2) is 12.7 Å². The predicted octanol–water partition coefficient (Wildman–Crippen LogP) is 3.37. The molecule has 0 bridgehead atoms. The van der Waals surface area contributed by atoms with Crippen LogP contribution in [0.25, 0.3) is 0 Å². The van der Waals surface area contributed by atoms with E-state index in [9.17, 15) is 0 Å². The third-order valence-corrected chi connectivity index (χ3v) is 2.62. The number of rotatable bonds is 8. The smallest absolute Gasteiger partial charge is 0.00396 e. The number of hydrogen-bond donors (Lipinski definition) is 1. The second-order valence-corrected chi connectivity index (χ2v) is 4.10. The van der Waals surface area contributed by atoms with E-state index in [1.165, 1.54) is 25.7 Å². The SMILES string of the molecule is C=CC(C)(CCCCC)CNCC. The van der Waals surface area contributed by atoms with Crippen molar-refractivity contribution in [2.24, 2.45) is 5.41 Å². The van der Waals surface area contributed by atoms with Crippen LogP contribution < -0.4 is 5.32 Å². The van der Waals surface area contributed by atoms with Gasteiger partial charge in [0.15, 0.2) is 0 Å². The standard InChI is InChI=1S/C12H25N/c1-5-8-9-10-12(4,6-2)11-13-7-3/h6,13H,2,5,7-11H2,1,3-4H3. The summed E-state index contributed by atoms with van der Waals surface area (Å²) >= 11 is 0. The van der Waals surface area contributed by atoms with Crippen LogP contribution in [0.3, 0.4) is 0 Å². The highest BCUT2D eigenvalue weighted by Gasteiger charge is 2.18. The first kappa shape index (κ1) is 12.7. The normalized spacial score (nSPS) is 15.3. The average Bonchev–Trinajstić information content (AvgIpc) is 2.15. The molecule has 0 saturated carbocycles. The van der Waals surface area contributed by atoms with Crippen molar-refractivity contribution in [1.82, 2.24) is 5.32 Å². The largest absolute Gasteiger partial charge is 0.316 e. The van der Waals surface area contributed by atoms with Crippen molar-refractivity contribution < 1.29 is 0 Å². The number of hydrogen-bond acceptors (Lipinski definition) is 1. The minimum absolute atomic E-state index is 0.297. The molecule has 0 amide bonds. The lowest BCUT2D eigenvalue weighted by molar-refractivity contribution is 0.353. The van der Waals surface area contributed by atoms with Crippen molar-refractivity contribution in [3.05, 3.63) is 12.7 Å². The van der Waals surface area contributed by atoms with E-state index >= 15 is 0 Å². The molecule has 0 aromatic heterocycles. The summed E-state index contributed by atoms with van der Waals surface area (Å²) in [6.45, 7) is 12.7. The third-order valence-electron chi connectivity index (χ3n) is 2.62. The molecule has 0 aliphatic rings. The van der Waals surface area contributed by atoms with Crippen LogP contribution in [0.2, 0.25) is 0 Å². The highest BCUT2D eigenvalue weighted by atomic mass is 14.9. The van der Waals surface area contributed by atoms with Crippen molar-refractivity contribution in [3.63, 3.8) is 0 Å². The Morgan fingerprint density at radius 2 is 2.00 bits per heavy atom. The van der Waals surface area contributed by atoms with E-state index in [4.69, 9.17) is 0 Å². The molecule has 0 aromatic rings. The fourth-order valence-corrected chi connectivity index (χ4v) is 1.45. The van der Waals surface area contributed by atoms with Crippen LogP contribution in [-0.4, -0.2) is 13.1 Å². The first-order valence-electron chi connectivity index (χ1n) is 5.53. The predicted molar refractivity (Wildman–Crippen MR) is 61.0 cm³/mol. The molecule has 0 heterocycles. The monoisotopic (exact) mass is 183 g/mol. The molecule has 1 heteroatoms. The maximum atomic E-state index is 3.92. The summed E-state index contributed by atoms with van der Waals surface area (Å²) < 4.78 is 0. The lowest BCUT2D eigenvalue weighted by atomic mass is 9.85. The molecular weight excluding hydrogens is 158 g/mol. The van der Waals surface area contributed by atoms with E-state index in [1.807, 2.05) is 0 Å². The zero-order valence-corrected chi connectivity index (χ0v) is 9.53. The molecule has 0 aliphatic carbocycles. The molecule has 1 nitrogen and oxygen atoms in total. The van der Waals surface area contributed by atoms with Gasteiger partial charge in [0.05, 0.1) is 0 Å². The number of unbranched alkanes of at least 4 members (excludes halogenated alkanes) is 2. The van der Waals surface area contributed by atoms with Crippen LogP contribution in [-0.2, 0) is 0 Å². The fourth-order valence-electron chi connectivity index (χ4n) is 1.45. The maximum absolute atomic E-state index is 3.92. The van der Waals surface area contributed by atoms with Gasteiger partial charge in [0.25, 0.3) is 0 Å². The summed E-state index contributed by atoms with van der Waals surface area (Å²) in [6, 6.07) is 0. The van der Waals surface area contributed by atoms with Gasteiger partial charge in [0.2, 0.25) is 0 Å². The van der Waals surface area contributed by atoms with Crippen molar-refractivity contribution in [2.45, 2.75) is 46.5 Å². The fraction of sp³-hybridized carbons (Fsp3) is 0.833. The van der Waals surface area contributed by atoms with E-state index in [0.717, 1.165) is 13.1 Å². The number of nitrogens with one attached hydrogen (secondary N) is 1. The lowest BCUT2D eigenvalue weighted by Gasteiger charge is -2.25. The summed E-state index contributed by atoms with van der Waals surface area (Å²) in [7, 11) is 0. The minimum atomic E-state index is 0.297. The van der Waals surface area contributed by atoms with E-state index in [2.05, 4.69) is 38.7 Å². The summed E-state index contributed by atoms with van der Waals surface area (Å²) in [6.07, 6.45) is 7.33. The van der Waals surface area contributed by atoms with E-state index in [-0.39, 0.29) is 0 Å². The highest BCUT2D eigenvalue weighted by Crippen LogP contribution is 2.24. The van der Waals surface area contributed by atoms with Gasteiger partial charge in [0, 0.05) is 6.54 Å². The Bertz CT molecular complexity index is 131. The Balaban J connectivity index is 3.74. The minimum Gasteiger partial charge on any atom is -0.316 e. The van der Waals surface area contributed by atoms with Crippen LogP contribution in [0.5, 0.6) is 0 Å². The second kappa shape index (κ2) is 7.14. The summed E-state index contributed by atoms with van der Waals surface area (Å²) in [5, 5.41) is 3.40. The summed E-state index contributed by atoms with van der Waals surface area (Å²) in [4.78, 5) is 0. The van der Waals surface area contributed by atoms with Crippen LogP contribution in [0.1, 0.15) is 46.5 Å². The van der Waals surface area contributed by atoms with Gasteiger partial charge in [-0.15, -0.1) is 6.58 Å². The molecule has 1 atom stereocenters. The zero-order valence-electron chi connectivity index (χ0n) is 9.53. The second-order valence-electron chi connectivity index (χ2n) is 4.10. The quantitative estimate of drug-likeness (QED) is 0.449. The van der Waals surface area contributed by atoms with Gasteiger partial charge < -0.3 is 5.32 Å². The molecule has 0 aromatic carbocycles. The Morgan fingerprint density at radius 3 is 2.46 bits per heavy atom. The lowest BCUT2D eigenvalue weighted by Crippen LogP contribution is -2.30. The average molecular weight is 183 g/mol. The van der Waals surface area contributed by atoms with Gasteiger partial charge in [-0.05, 0) is 18.4 Å². The first-order valence-corrected chi connectivity index (χ1v) is 5.53. The third kappa shape index (κ3) is 5.87. The molecule has 0 rings (SSSR count). The Hall–Kier alpha value is -0.300. The van der Waals surface area contributed by atoms with Gasteiger partial charge in [-0.1, -0.05) is 46.1 Å². The summed E-state index contributed by atoms with van der Waals surface area (Å²) in [5.74, 6) is 0. The van der Waals surface area contributed by atoms with Gasteiger partial charge in [-0.25, -0.2) is 0 Å². The maximum Gasteiger partial charge on any atom is 0.00396 e. The van der Waals surface area contributed by atoms with Gasteiger partial charge in [0.1, 0.15) is 0 Å². The van der Waals surface area contributed by atoms with E-state index < -0.39 is 0 Å². The summed E-state index contributed by atoms with van der Waals surface area (Å²) in [5.41, 5.74) is 0.297. The van der Waals surface area contributed by atoms with Crippen molar-refractivity contribution in [3.8, 4) is 0 Å². The molecule has 0 radical (unpaired) electrons. The molecule has 0 saturated heterocycles. The molecule has 13 heavy (non-hydrogen) atoms. The molecule has 1 unspecified atom stereocenters. The molecule has 0 spiro atoms. The Kier molecular flexibility index (Phi) is 6.97. The Labute approximate surface area is 83.6 Å². The van der Waals surface area contributed by atoms with Crippen molar-refractivity contribution in [1.29, 1.82) is 0 Å². The molecule has 78 valence electrons. The van der Waals surface area contributed by atoms with E-state index in [0.29, 0.717) is 5.41 Å². The topological polar surface area (TPSA) is 12.0 Å². The van der Waals surface area contributed by atoms with E-state index in [1.54, 1.807) is 0 Å². The molecule has 1 N–H and O–H groups in total.